The van der Waals surface area contributed by atoms with Crippen molar-refractivity contribution in [1.29, 1.82) is 0 Å². The van der Waals surface area contributed by atoms with Crippen LogP contribution in [-0.2, 0) is 10.8 Å². The van der Waals surface area contributed by atoms with Crippen LogP contribution < -0.4 is 0 Å². The zero-order valence-electron chi connectivity index (χ0n) is 14.1. The van der Waals surface area contributed by atoms with Gasteiger partial charge in [0.1, 0.15) is 0 Å². The summed E-state index contributed by atoms with van der Waals surface area (Å²) < 4.78 is 0. The van der Waals surface area contributed by atoms with Crippen LogP contribution in [0.4, 0.5) is 0 Å². The summed E-state index contributed by atoms with van der Waals surface area (Å²) in [6.07, 6.45) is 0. The van der Waals surface area contributed by atoms with Crippen LogP contribution in [-0.4, -0.2) is 11.6 Å². The summed E-state index contributed by atoms with van der Waals surface area (Å²) >= 11 is 0. The molecule has 0 aromatic heterocycles. The van der Waals surface area contributed by atoms with Gasteiger partial charge in [-0.15, -0.1) is 0 Å². The van der Waals surface area contributed by atoms with Gasteiger partial charge in [-0.3, -0.25) is 9.59 Å². The quantitative estimate of drug-likeness (QED) is 0.653. The zero-order chi connectivity index (χ0) is 16.4. The van der Waals surface area contributed by atoms with Gasteiger partial charge in [0.15, 0.2) is 0 Å². The Morgan fingerprint density at radius 3 is 1.27 bits per heavy atom. The van der Waals surface area contributed by atoms with E-state index in [2.05, 4.69) is 41.5 Å². The van der Waals surface area contributed by atoms with E-state index in [1.807, 2.05) is 24.3 Å². The van der Waals surface area contributed by atoms with Gasteiger partial charge in [-0.2, -0.15) is 0 Å². The van der Waals surface area contributed by atoms with Crippen LogP contribution in [0.15, 0.2) is 24.3 Å². The molecule has 0 radical (unpaired) electrons. The third-order valence-corrected chi connectivity index (χ3v) is 4.47. The van der Waals surface area contributed by atoms with Crippen molar-refractivity contribution in [3.63, 3.8) is 0 Å². The number of Topliss-reactive ketones (excluding diaryl/α,β-unsaturated/α-hetero) is 2. The van der Waals surface area contributed by atoms with Crippen LogP contribution >= 0.6 is 0 Å². The minimum atomic E-state index is -0.369. The molecule has 0 fully saturated rings. The Hall–Kier alpha value is -1.96. The molecule has 0 saturated carbocycles. The summed E-state index contributed by atoms with van der Waals surface area (Å²) in [4.78, 5) is 24.5. The molecule has 0 amide bonds. The number of benzene rings is 2. The van der Waals surface area contributed by atoms with Gasteiger partial charge in [0.25, 0.3) is 0 Å². The fourth-order valence-electron chi connectivity index (χ4n) is 3.37. The minimum absolute atomic E-state index is 0.0498. The van der Waals surface area contributed by atoms with E-state index in [-0.39, 0.29) is 22.4 Å². The standard InChI is InChI=1S/C20H22O2/c1-19(2,3)13-9-7-11-15-12(18(22)17(11)21)8-10-14(16(13)15)20(4,5)6/h7-10H,1-6H3. The van der Waals surface area contributed by atoms with Gasteiger partial charge in [-0.1, -0.05) is 53.7 Å². The topological polar surface area (TPSA) is 34.1 Å². The highest BCUT2D eigenvalue weighted by atomic mass is 16.2. The fourth-order valence-corrected chi connectivity index (χ4v) is 3.37. The van der Waals surface area contributed by atoms with Crippen molar-refractivity contribution in [3.05, 3.63) is 46.5 Å². The largest absolute Gasteiger partial charge is 0.285 e. The van der Waals surface area contributed by atoms with E-state index in [0.717, 1.165) is 10.8 Å². The van der Waals surface area contributed by atoms with E-state index in [9.17, 15) is 9.59 Å². The van der Waals surface area contributed by atoms with Gasteiger partial charge in [-0.25, -0.2) is 0 Å². The highest BCUT2D eigenvalue weighted by Crippen LogP contribution is 2.42. The second-order valence-electron chi connectivity index (χ2n) is 8.23. The third-order valence-electron chi connectivity index (χ3n) is 4.47. The second kappa shape index (κ2) is 4.28. The number of hydrogen-bond donors (Lipinski definition) is 0. The summed E-state index contributed by atoms with van der Waals surface area (Å²) in [6, 6.07) is 7.69. The Labute approximate surface area is 131 Å². The molecule has 1 aliphatic rings. The molecule has 114 valence electrons. The molecule has 2 heteroatoms. The monoisotopic (exact) mass is 294 g/mol. The van der Waals surface area contributed by atoms with Crippen LogP contribution in [0.25, 0.3) is 10.8 Å². The Morgan fingerprint density at radius 1 is 0.591 bits per heavy atom. The molecule has 2 nitrogen and oxygen atoms in total. The van der Waals surface area contributed by atoms with Gasteiger partial charge in [0, 0.05) is 16.5 Å². The molecule has 0 bridgehead atoms. The molecule has 0 aliphatic heterocycles. The highest BCUT2D eigenvalue weighted by molar-refractivity contribution is 6.57. The Kier molecular flexibility index (Phi) is 2.91. The molecular formula is C20H22O2. The van der Waals surface area contributed by atoms with Crippen LogP contribution in [0.3, 0.4) is 0 Å². The van der Waals surface area contributed by atoms with E-state index in [4.69, 9.17) is 0 Å². The average molecular weight is 294 g/mol. The summed E-state index contributed by atoms with van der Waals surface area (Å²) in [7, 11) is 0. The molecule has 0 atom stereocenters. The number of hydrogen-bond acceptors (Lipinski definition) is 2. The molecule has 0 N–H and O–H groups in total. The smallest absolute Gasteiger partial charge is 0.234 e. The predicted molar refractivity (Wildman–Crippen MR) is 90.0 cm³/mol. The van der Waals surface area contributed by atoms with Gasteiger partial charge in [-0.05, 0) is 39.5 Å². The normalized spacial score (nSPS) is 15.0. The second-order valence-corrected chi connectivity index (χ2v) is 8.23. The van der Waals surface area contributed by atoms with Gasteiger partial charge >= 0.3 is 0 Å². The Bertz CT molecular complexity index is 761. The van der Waals surface area contributed by atoms with Gasteiger partial charge < -0.3 is 0 Å². The van der Waals surface area contributed by atoms with Crippen LogP contribution in [0, 0.1) is 0 Å². The predicted octanol–water partition coefficient (Wildman–Crippen LogP) is 4.81. The summed E-state index contributed by atoms with van der Waals surface area (Å²) in [5.74, 6) is -0.738. The fraction of sp³-hybridized carbons (Fsp3) is 0.400. The van der Waals surface area contributed by atoms with E-state index in [0.29, 0.717) is 11.1 Å². The lowest BCUT2D eigenvalue weighted by Crippen LogP contribution is -2.17. The van der Waals surface area contributed by atoms with Crippen molar-refractivity contribution < 1.29 is 9.59 Å². The van der Waals surface area contributed by atoms with Crippen molar-refractivity contribution in [1.82, 2.24) is 0 Å². The first-order valence-electron chi connectivity index (χ1n) is 7.73. The first-order valence-corrected chi connectivity index (χ1v) is 7.73. The van der Waals surface area contributed by atoms with E-state index in [1.54, 1.807) is 0 Å². The SMILES string of the molecule is CC(C)(C)c1ccc2c3c(ccc(C(C)(C)C)c13)C(=O)C2=O. The van der Waals surface area contributed by atoms with Crippen molar-refractivity contribution in [3.8, 4) is 0 Å². The molecular weight excluding hydrogens is 272 g/mol. The average Bonchev–Trinajstić information content (AvgIpc) is 2.63. The van der Waals surface area contributed by atoms with E-state index >= 15 is 0 Å². The lowest BCUT2D eigenvalue weighted by Gasteiger charge is -2.28. The first kappa shape index (κ1) is 15.0. The molecule has 1 aliphatic carbocycles. The van der Waals surface area contributed by atoms with E-state index in [1.165, 1.54) is 11.1 Å². The Balaban J connectivity index is 2.58. The summed E-state index contributed by atoms with van der Waals surface area (Å²) in [5, 5.41) is 1.95. The number of carbonyl (C=O) groups is 2. The molecule has 3 rings (SSSR count). The van der Waals surface area contributed by atoms with Crippen LogP contribution in [0.2, 0.25) is 0 Å². The van der Waals surface area contributed by atoms with Crippen molar-refractivity contribution >= 4 is 22.3 Å². The third kappa shape index (κ3) is 1.93. The molecule has 0 saturated heterocycles. The van der Waals surface area contributed by atoms with Crippen molar-refractivity contribution in [2.45, 2.75) is 52.4 Å². The molecule has 2 aromatic carbocycles. The van der Waals surface area contributed by atoms with E-state index < -0.39 is 0 Å². The summed E-state index contributed by atoms with van der Waals surface area (Å²) in [5.41, 5.74) is 3.42. The molecule has 0 heterocycles. The molecule has 0 unspecified atom stereocenters. The van der Waals surface area contributed by atoms with Gasteiger partial charge in [0.2, 0.25) is 11.6 Å². The lowest BCUT2D eigenvalue weighted by atomic mass is 9.76. The number of carbonyl (C=O) groups excluding carboxylic acids is 2. The number of rotatable bonds is 0. The maximum Gasteiger partial charge on any atom is 0.234 e. The van der Waals surface area contributed by atoms with Crippen LogP contribution in [0.1, 0.15) is 73.4 Å². The number of ketones is 2. The molecule has 2 aromatic rings. The van der Waals surface area contributed by atoms with Crippen molar-refractivity contribution in [2.75, 3.05) is 0 Å². The maximum absolute atomic E-state index is 12.2. The Morgan fingerprint density at radius 2 is 0.955 bits per heavy atom. The minimum Gasteiger partial charge on any atom is -0.285 e. The highest BCUT2D eigenvalue weighted by Gasteiger charge is 2.35. The first-order chi connectivity index (χ1) is 10.0. The molecule has 22 heavy (non-hydrogen) atoms. The summed E-state index contributed by atoms with van der Waals surface area (Å²) in [6.45, 7) is 13.0. The molecule has 0 spiro atoms. The van der Waals surface area contributed by atoms with Gasteiger partial charge in [0.05, 0.1) is 0 Å². The van der Waals surface area contributed by atoms with Crippen molar-refractivity contribution in [2.24, 2.45) is 0 Å². The van der Waals surface area contributed by atoms with Crippen LogP contribution in [0.5, 0.6) is 0 Å². The zero-order valence-corrected chi connectivity index (χ0v) is 14.1. The lowest BCUT2D eigenvalue weighted by molar-refractivity contribution is 0.0825. The maximum atomic E-state index is 12.2.